The van der Waals surface area contributed by atoms with Gasteiger partial charge in [0.05, 0.1) is 17.3 Å². The van der Waals surface area contributed by atoms with Crippen LogP contribution in [-0.2, 0) is 0 Å². The summed E-state index contributed by atoms with van der Waals surface area (Å²) in [5.41, 5.74) is 0.0524. The van der Waals surface area contributed by atoms with E-state index in [9.17, 15) is 24.3 Å². The SMILES string of the molecule is CCNC(=O)NC1CCN(C(=O)c2cccc(Nc3c(N[C@H](CC)c4ccccc4)c(=O)c3=O)c2O)C1. The summed E-state index contributed by atoms with van der Waals surface area (Å²) >= 11 is 0. The highest BCUT2D eigenvalue weighted by atomic mass is 16.3. The van der Waals surface area contributed by atoms with Gasteiger partial charge in [-0.3, -0.25) is 14.4 Å². The number of aromatic hydroxyl groups is 1. The number of carbonyl (C=O) groups is 2. The van der Waals surface area contributed by atoms with Gasteiger partial charge in [0.15, 0.2) is 5.75 Å². The summed E-state index contributed by atoms with van der Waals surface area (Å²) in [6.45, 7) is 5.04. The molecule has 0 bridgehead atoms. The topological polar surface area (TPSA) is 140 Å². The zero-order valence-electron chi connectivity index (χ0n) is 20.8. The van der Waals surface area contributed by atoms with E-state index in [2.05, 4.69) is 21.3 Å². The summed E-state index contributed by atoms with van der Waals surface area (Å²) in [4.78, 5) is 51.2. The molecule has 2 atom stereocenters. The Morgan fingerprint density at radius 3 is 2.46 bits per heavy atom. The third-order valence-corrected chi connectivity index (χ3v) is 6.51. The Hall–Kier alpha value is -4.34. The maximum atomic E-state index is 13.1. The van der Waals surface area contributed by atoms with Gasteiger partial charge in [0, 0.05) is 25.7 Å². The van der Waals surface area contributed by atoms with Crippen LogP contribution in [0.4, 0.5) is 21.9 Å². The van der Waals surface area contributed by atoms with E-state index in [4.69, 9.17) is 0 Å². The van der Waals surface area contributed by atoms with Crippen LogP contribution in [0.2, 0.25) is 0 Å². The molecule has 1 saturated heterocycles. The fourth-order valence-corrected chi connectivity index (χ4v) is 4.51. The summed E-state index contributed by atoms with van der Waals surface area (Å²) in [5, 5.41) is 22.4. The molecule has 1 aliphatic rings. The summed E-state index contributed by atoms with van der Waals surface area (Å²) in [7, 11) is 0. The number of hydrogen-bond acceptors (Lipinski definition) is 7. The van der Waals surface area contributed by atoms with Crippen molar-refractivity contribution >= 4 is 29.0 Å². The lowest BCUT2D eigenvalue weighted by Crippen LogP contribution is -2.43. The summed E-state index contributed by atoms with van der Waals surface area (Å²) < 4.78 is 0. The third-order valence-electron chi connectivity index (χ3n) is 6.51. The van der Waals surface area contributed by atoms with Gasteiger partial charge in [-0.05, 0) is 37.5 Å². The lowest BCUT2D eigenvalue weighted by atomic mass is 10.0. The number of phenols is 1. The van der Waals surface area contributed by atoms with Crippen LogP contribution >= 0.6 is 0 Å². The Balaban J connectivity index is 1.49. The molecule has 0 aromatic heterocycles. The fourth-order valence-electron chi connectivity index (χ4n) is 4.51. The molecular weight excluding hydrogens is 474 g/mol. The molecule has 3 aromatic carbocycles. The molecule has 1 heterocycles. The lowest BCUT2D eigenvalue weighted by molar-refractivity contribution is 0.0786. The number of nitrogens with zero attached hydrogens (tertiary/aromatic N) is 1. The Morgan fingerprint density at radius 1 is 1.03 bits per heavy atom. The van der Waals surface area contributed by atoms with Crippen molar-refractivity contribution in [3.63, 3.8) is 0 Å². The minimum Gasteiger partial charge on any atom is -0.505 e. The van der Waals surface area contributed by atoms with Crippen molar-refractivity contribution < 1.29 is 14.7 Å². The van der Waals surface area contributed by atoms with E-state index in [0.717, 1.165) is 5.56 Å². The molecule has 0 spiro atoms. The number of rotatable bonds is 9. The molecule has 37 heavy (non-hydrogen) atoms. The number of carbonyl (C=O) groups excluding carboxylic acids is 2. The Kier molecular flexibility index (Phi) is 7.76. The first kappa shape index (κ1) is 25.7. The largest absolute Gasteiger partial charge is 0.505 e. The van der Waals surface area contributed by atoms with Gasteiger partial charge in [-0.2, -0.15) is 0 Å². The zero-order valence-corrected chi connectivity index (χ0v) is 20.8. The first-order chi connectivity index (χ1) is 17.8. The number of phenolic OH excluding ortho intramolecular Hbond substituents is 1. The molecule has 1 unspecified atom stereocenters. The normalized spacial score (nSPS) is 15.8. The third kappa shape index (κ3) is 5.42. The monoisotopic (exact) mass is 505 g/mol. The number of nitrogens with one attached hydrogen (secondary N) is 4. The second-order valence-electron chi connectivity index (χ2n) is 8.99. The maximum absolute atomic E-state index is 13.1. The quantitative estimate of drug-likeness (QED) is 0.223. The van der Waals surface area contributed by atoms with Crippen molar-refractivity contribution in [3.05, 3.63) is 80.1 Å². The van der Waals surface area contributed by atoms with Crippen LogP contribution in [0.1, 0.15) is 48.7 Å². The molecule has 0 aliphatic carbocycles. The zero-order chi connectivity index (χ0) is 26.5. The van der Waals surface area contributed by atoms with E-state index in [0.29, 0.717) is 32.5 Å². The number of likely N-dealkylation sites (tertiary alicyclic amines) is 1. The Bertz CT molecular complexity index is 1350. The highest BCUT2D eigenvalue weighted by molar-refractivity contribution is 5.99. The van der Waals surface area contributed by atoms with Crippen LogP contribution in [0.3, 0.4) is 0 Å². The van der Waals surface area contributed by atoms with Crippen molar-refractivity contribution in [2.24, 2.45) is 0 Å². The van der Waals surface area contributed by atoms with Crippen LogP contribution < -0.4 is 32.1 Å². The molecule has 0 saturated carbocycles. The van der Waals surface area contributed by atoms with Gasteiger partial charge in [0.1, 0.15) is 11.4 Å². The predicted molar refractivity (Wildman–Crippen MR) is 142 cm³/mol. The predicted octanol–water partition coefficient (Wildman–Crippen LogP) is 2.83. The Labute approximate surface area is 214 Å². The molecule has 194 valence electrons. The van der Waals surface area contributed by atoms with E-state index in [1.807, 2.05) is 44.2 Å². The van der Waals surface area contributed by atoms with Crippen LogP contribution in [0.5, 0.6) is 5.75 Å². The van der Waals surface area contributed by atoms with E-state index >= 15 is 0 Å². The molecule has 0 radical (unpaired) electrons. The number of benzene rings is 2. The van der Waals surface area contributed by atoms with Crippen molar-refractivity contribution in [3.8, 4) is 5.75 Å². The second-order valence-corrected chi connectivity index (χ2v) is 8.99. The minimum absolute atomic E-state index is 0.0478. The number of anilines is 3. The molecule has 1 fully saturated rings. The van der Waals surface area contributed by atoms with E-state index < -0.39 is 10.9 Å². The highest BCUT2D eigenvalue weighted by Crippen LogP contribution is 2.34. The minimum atomic E-state index is -0.694. The van der Waals surface area contributed by atoms with Gasteiger partial charge < -0.3 is 31.3 Å². The molecule has 5 N–H and O–H groups in total. The molecule has 3 aromatic rings. The van der Waals surface area contributed by atoms with Gasteiger partial charge in [0.25, 0.3) is 16.8 Å². The molecule has 1 aliphatic heterocycles. The van der Waals surface area contributed by atoms with Crippen LogP contribution in [0, 0.1) is 0 Å². The van der Waals surface area contributed by atoms with E-state index in [1.54, 1.807) is 11.0 Å². The van der Waals surface area contributed by atoms with Crippen LogP contribution in [0.15, 0.2) is 58.1 Å². The number of para-hydroxylation sites is 1. The Morgan fingerprint density at radius 2 is 1.76 bits per heavy atom. The molecule has 4 rings (SSSR count). The van der Waals surface area contributed by atoms with Gasteiger partial charge in [-0.15, -0.1) is 0 Å². The summed E-state index contributed by atoms with van der Waals surface area (Å²) in [5.74, 6) is -0.707. The van der Waals surface area contributed by atoms with Gasteiger partial charge in [-0.25, -0.2) is 4.79 Å². The van der Waals surface area contributed by atoms with E-state index in [1.165, 1.54) is 12.1 Å². The summed E-state index contributed by atoms with van der Waals surface area (Å²) in [6.07, 6.45) is 1.28. The molecule has 10 heteroatoms. The second kappa shape index (κ2) is 11.2. The van der Waals surface area contributed by atoms with Crippen LogP contribution in [-0.4, -0.2) is 47.6 Å². The average Bonchev–Trinajstić information content (AvgIpc) is 3.37. The van der Waals surface area contributed by atoms with Crippen molar-refractivity contribution in [1.82, 2.24) is 15.5 Å². The van der Waals surface area contributed by atoms with Gasteiger partial charge >= 0.3 is 6.03 Å². The standard InChI is InChI=1S/C27H31N5O5/c1-3-19(16-9-6-5-7-10-16)30-21-22(25(35)24(21)34)31-20-12-8-11-18(23(20)33)26(36)32-14-13-17(15-32)29-27(37)28-4-2/h5-12,17,19,30-31,33H,3-4,13-15H2,1-2H3,(H2,28,29,37)/t17?,19-/m1/s1. The molecular formula is C27H31N5O5. The summed E-state index contributed by atoms with van der Waals surface area (Å²) in [6, 6.07) is 13.6. The molecule has 10 nitrogen and oxygen atoms in total. The first-order valence-corrected chi connectivity index (χ1v) is 12.4. The fraction of sp³-hybridized carbons (Fsp3) is 0.333. The number of amides is 3. The highest BCUT2D eigenvalue weighted by Gasteiger charge is 2.30. The first-order valence-electron chi connectivity index (χ1n) is 12.4. The number of urea groups is 1. The van der Waals surface area contributed by atoms with E-state index in [-0.39, 0.29) is 52.4 Å². The van der Waals surface area contributed by atoms with Crippen LogP contribution in [0.25, 0.3) is 0 Å². The average molecular weight is 506 g/mol. The van der Waals surface area contributed by atoms with Gasteiger partial charge in [0.2, 0.25) is 0 Å². The smallest absolute Gasteiger partial charge is 0.315 e. The molecule has 3 amide bonds. The van der Waals surface area contributed by atoms with Crippen molar-refractivity contribution in [1.29, 1.82) is 0 Å². The lowest BCUT2D eigenvalue weighted by Gasteiger charge is -2.23. The number of hydrogen-bond donors (Lipinski definition) is 5. The van der Waals surface area contributed by atoms with Crippen molar-refractivity contribution in [2.75, 3.05) is 30.3 Å². The maximum Gasteiger partial charge on any atom is 0.315 e. The van der Waals surface area contributed by atoms with Gasteiger partial charge in [-0.1, -0.05) is 43.3 Å². The van der Waals surface area contributed by atoms with Crippen molar-refractivity contribution in [2.45, 2.75) is 38.8 Å².